The van der Waals surface area contributed by atoms with Gasteiger partial charge in [0.25, 0.3) is 5.91 Å². The number of methoxy groups -OCH3 is 1. The molecule has 0 aliphatic carbocycles. The number of hydrogen-bond acceptors (Lipinski definition) is 5. The minimum atomic E-state index is -4.53. The molecule has 0 saturated carbocycles. The van der Waals surface area contributed by atoms with Gasteiger partial charge in [0.15, 0.2) is 5.75 Å². The molecule has 2 heterocycles. The Hall–Kier alpha value is -4.08. The van der Waals surface area contributed by atoms with E-state index in [1.807, 2.05) is 4.90 Å². The van der Waals surface area contributed by atoms with Crippen molar-refractivity contribution >= 4 is 17.4 Å². The summed E-state index contributed by atoms with van der Waals surface area (Å²) in [4.78, 5) is 21.2. The highest BCUT2D eigenvalue weighted by molar-refractivity contribution is 6.04. The zero-order valence-corrected chi connectivity index (χ0v) is 19.9. The maximum Gasteiger partial charge on any atom is 0.416 e. The van der Waals surface area contributed by atoms with Crippen molar-refractivity contribution in [2.24, 2.45) is 4.99 Å². The predicted octanol–water partition coefficient (Wildman–Crippen LogP) is 5.89. The third kappa shape index (κ3) is 5.09. The van der Waals surface area contributed by atoms with Crippen molar-refractivity contribution in [1.29, 1.82) is 0 Å². The molecule has 192 valence electrons. The third-order valence-corrected chi connectivity index (χ3v) is 6.31. The first-order valence-corrected chi connectivity index (χ1v) is 11.7. The Kier molecular flexibility index (Phi) is 6.49. The summed E-state index contributed by atoms with van der Waals surface area (Å²) in [5.41, 5.74) is 0.0486. The maximum absolute atomic E-state index is 13.7. The Balaban J connectivity index is 1.50. The molecule has 5 rings (SSSR count). The standard InChI is InChI=1S/C27H23F4N3O3/c1-36-20-7-9-23-21(16-20)25(32-22-15-18(27(29,30)31)6-8-24(22)37-23)33-10-3-11-34(13-12-33)26(35)17-4-2-5-19(28)14-17/h2,4-9,14-16H,3,10-13H2,1H3. The molecule has 0 atom stereocenters. The van der Waals surface area contributed by atoms with E-state index in [0.29, 0.717) is 55.5 Å². The lowest BCUT2D eigenvalue weighted by molar-refractivity contribution is -0.137. The van der Waals surface area contributed by atoms with Crippen molar-refractivity contribution in [3.8, 4) is 17.2 Å². The number of nitrogens with zero attached hydrogens (tertiary/aromatic N) is 3. The van der Waals surface area contributed by atoms with Crippen LogP contribution < -0.4 is 9.47 Å². The van der Waals surface area contributed by atoms with E-state index in [1.165, 1.54) is 31.4 Å². The highest BCUT2D eigenvalue weighted by atomic mass is 19.4. The van der Waals surface area contributed by atoms with Crippen LogP contribution >= 0.6 is 0 Å². The van der Waals surface area contributed by atoms with E-state index in [4.69, 9.17) is 9.47 Å². The summed E-state index contributed by atoms with van der Waals surface area (Å²) in [5, 5.41) is 0. The molecule has 0 N–H and O–H groups in total. The Morgan fingerprint density at radius 3 is 2.54 bits per heavy atom. The van der Waals surface area contributed by atoms with E-state index in [2.05, 4.69) is 4.99 Å². The van der Waals surface area contributed by atoms with Crippen LogP contribution in [0, 0.1) is 5.82 Å². The van der Waals surface area contributed by atoms with Crippen LogP contribution in [-0.4, -0.2) is 54.8 Å². The van der Waals surface area contributed by atoms with E-state index < -0.39 is 17.6 Å². The molecule has 37 heavy (non-hydrogen) atoms. The monoisotopic (exact) mass is 513 g/mol. The molecule has 2 aliphatic heterocycles. The molecule has 0 unspecified atom stereocenters. The quantitative estimate of drug-likeness (QED) is 0.402. The maximum atomic E-state index is 13.7. The highest BCUT2D eigenvalue weighted by Gasteiger charge is 2.33. The van der Waals surface area contributed by atoms with Crippen molar-refractivity contribution < 1.29 is 31.8 Å². The summed E-state index contributed by atoms with van der Waals surface area (Å²) < 4.78 is 65.3. The van der Waals surface area contributed by atoms with Gasteiger partial charge in [-0.15, -0.1) is 0 Å². The van der Waals surface area contributed by atoms with E-state index in [9.17, 15) is 22.4 Å². The Morgan fingerprint density at radius 1 is 0.973 bits per heavy atom. The van der Waals surface area contributed by atoms with Crippen LogP contribution in [0.25, 0.3) is 0 Å². The van der Waals surface area contributed by atoms with E-state index in [-0.39, 0.29) is 22.9 Å². The molecule has 1 saturated heterocycles. The number of hydrogen-bond donors (Lipinski definition) is 0. The second-order valence-electron chi connectivity index (χ2n) is 8.72. The fourth-order valence-electron chi connectivity index (χ4n) is 4.44. The van der Waals surface area contributed by atoms with Crippen molar-refractivity contribution in [2.45, 2.75) is 12.6 Å². The van der Waals surface area contributed by atoms with Crippen molar-refractivity contribution in [2.75, 3.05) is 33.3 Å². The van der Waals surface area contributed by atoms with Gasteiger partial charge in [0.05, 0.1) is 18.2 Å². The molecule has 1 fully saturated rings. The molecule has 10 heteroatoms. The number of ether oxygens (including phenoxy) is 2. The topological polar surface area (TPSA) is 54.4 Å². The van der Waals surface area contributed by atoms with Crippen LogP contribution in [0.2, 0.25) is 0 Å². The fourth-order valence-corrected chi connectivity index (χ4v) is 4.44. The second kappa shape index (κ2) is 9.76. The number of fused-ring (bicyclic) bond motifs is 2. The molecule has 0 bridgehead atoms. The summed E-state index contributed by atoms with van der Waals surface area (Å²) >= 11 is 0. The van der Waals surface area contributed by atoms with Crippen LogP contribution in [0.4, 0.5) is 23.2 Å². The number of carbonyl (C=O) groups excluding carboxylic acids is 1. The van der Waals surface area contributed by atoms with Gasteiger partial charge in [-0.2, -0.15) is 13.2 Å². The van der Waals surface area contributed by atoms with Gasteiger partial charge in [0.1, 0.15) is 28.8 Å². The summed E-state index contributed by atoms with van der Waals surface area (Å²) in [6.45, 7) is 1.63. The second-order valence-corrected chi connectivity index (χ2v) is 8.72. The highest BCUT2D eigenvalue weighted by Crippen LogP contribution is 2.42. The molecule has 0 aromatic heterocycles. The molecule has 6 nitrogen and oxygen atoms in total. The zero-order chi connectivity index (χ0) is 26.2. The van der Waals surface area contributed by atoms with Crippen LogP contribution in [0.1, 0.15) is 27.9 Å². The van der Waals surface area contributed by atoms with E-state index in [0.717, 1.165) is 12.1 Å². The van der Waals surface area contributed by atoms with Gasteiger partial charge in [-0.3, -0.25) is 4.79 Å². The summed E-state index contributed by atoms with van der Waals surface area (Å²) in [6.07, 6.45) is -3.96. The number of amides is 1. The minimum Gasteiger partial charge on any atom is -0.497 e. The van der Waals surface area contributed by atoms with Gasteiger partial charge in [-0.05, 0) is 61.0 Å². The van der Waals surface area contributed by atoms with Crippen LogP contribution in [0.3, 0.4) is 0 Å². The van der Waals surface area contributed by atoms with E-state index in [1.54, 1.807) is 29.2 Å². The van der Waals surface area contributed by atoms with Crippen LogP contribution in [-0.2, 0) is 6.18 Å². The lowest BCUT2D eigenvalue weighted by atomic mass is 10.1. The smallest absolute Gasteiger partial charge is 0.416 e. The zero-order valence-electron chi connectivity index (χ0n) is 19.9. The summed E-state index contributed by atoms with van der Waals surface area (Å²) in [5.74, 6) is 0.816. The first-order chi connectivity index (χ1) is 17.7. The number of aliphatic imine (C=N–C) groups is 1. The van der Waals surface area contributed by atoms with Crippen molar-refractivity contribution in [3.05, 3.63) is 83.2 Å². The fraction of sp³-hybridized carbons (Fsp3) is 0.259. The molecule has 0 spiro atoms. The molecule has 0 radical (unpaired) electrons. The number of benzene rings is 3. The summed E-state index contributed by atoms with van der Waals surface area (Å²) in [7, 11) is 1.52. The normalized spacial score (nSPS) is 15.5. The number of rotatable bonds is 2. The molecular formula is C27H23F4N3O3. The minimum absolute atomic E-state index is 0.0527. The average molecular weight is 513 g/mol. The SMILES string of the molecule is COc1ccc2c(c1)C(N1CCCN(C(=O)c3cccc(F)c3)CC1)=Nc1cc(C(F)(F)F)ccc1O2. The van der Waals surface area contributed by atoms with Gasteiger partial charge >= 0.3 is 6.18 Å². The van der Waals surface area contributed by atoms with Crippen molar-refractivity contribution in [3.63, 3.8) is 0 Å². The molecule has 3 aromatic carbocycles. The lowest BCUT2D eigenvalue weighted by Crippen LogP contribution is -2.37. The Bertz CT molecular complexity index is 1370. The largest absolute Gasteiger partial charge is 0.497 e. The average Bonchev–Trinajstić information content (AvgIpc) is 3.21. The van der Waals surface area contributed by atoms with Crippen LogP contribution in [0.5, 0.6) is 17.2 Å². The van der Waals surface area contributed by atoms with E-state index >= 15 is 0 Å². The molecule has 2 aliphatic rings. The van der Waals surface area contributed by atoms with Gasteiger partial charge in [0.2, 0.25) is 0 Å². The predicted molar refractivity (Wildman–Crippen MR) is 129 cm³/mol. The van der Waals surface area contributed by atoms with Gasteiger partial charge in [-0.25, -0.2) is 9.38 Å². The first kappa shape index (κ1) is 24.6. The molecule has 3 aromatic rings. The molecule has 1 amide bonds. The number of halogens is 4. The lowest BCUT2D eigenvalue weighted by Gasteiger charge is -2.25. The number of alkyl halides is 3. The van der Waals surface area contributed by atoms with Gasteiger partial charge < -0.3 is 19.3 Å². The van der Waals surface area contributed by atoms with Crippen LogP contribution in [0.15, 0.2) is 65.7 Å². The first-order valence-electron chi connectivity index (χ1n) is 11.7. The third-order valence-electron chi connectivity index (χ3n) is 6.31. The van der Waals surface area contributed by atoms with Gasteiger partial charge in [0, 0.05) is 31.7 Å². The number of carbonyl (C=O) groups is 1. The van der Waals surface area contributed by atoms with Gasteiger partial charge in [-0.1, -0.05) is 6.07 Å². The Morgan fingerprint density at radius 2 is 1.78 bits per heavy atom. The molecular weight excluding hydrogens is 490 g/mol. The summed E-state index contributed by atoms with van der Waals surface area (Å²) in [6, 6.07) is 13.9. The number of amidine groups is 1. The van der Waals surface area contributed by atoms with Crippen molar-refractivity contribution in [1.82, 2.24) is 9.80 Å². The Labute approximate surface area is 210 Å².